The van der Waals surface area contributed by atoms with E-state index in [9.17, 15) is 4.79 Å². The number of oxazole rings is 1. The second-order valence-corrected chi connectivity index (χ2v) is 7.44. The summed E-state index contributed by atoms with van der Waals surface area (Å²) in [5.74, 6) is 0.569. The van der Waals surface area contributed by atoms with Gasteiger partial charge in [0.2, 0.25) is 0 Å². The van der Waals surface area contributed by atoms with Crippen LogP contribution in [0, 0.1) is 6.92 Å². The van der Waals surface area contributed by atoms with Crippen LogP contribution in [0.25, 0.3) is 11.1 Å². The van der Waals surface area contributed by atoms with Crippen molar-refractivity contribution in [1.82, 2.24) is 15.3 Å². The number of nitrogens with one attached hydrogen (secondary N) is 1. The monoisotopic (exact) mass is 399 g/mol. The van der Waals surface area contributed by atoms with Crippen molar-refractivity contribution in [2.24, 2.45) is 0 Å². The van der Waals surface area contributed by atoms with Gasteiger partial charge in [0.15, 0.2) is 11.5 Å². The Morgan fingerprint density at radius 3 is 2.67 bits per heavy atom. The standard InChI is InChI=1S/C25H25N3O2/c1-3-4-9-23-27-21-16-19(10-11-22(21)30-23)25(29)28-24(18-12-14-26-15-13-18)20-8-6-5-7-17(20)2/h5-8,10-16,24H,3-4,9H2,1-2H3,(H,28,29). The molecule has 0 saturated heterocycles. The first kappa shape index (κ1) is 19.8. The van der Waals surface area contributed by atoms with E-state index in [2.05, 4.69) is 35.2 Å². The number of unbranched alkanes of at least 4 members (excludes halogenated alkanes) is 1. The van der Waals surface area contributed by atoms with Crippen LogP contribution in [0.3, 0.4) is 0 Å². The van der Waals surface area contributed by atoms with Crippen LogP contribution in [-0.4, -0.2) is 15.9 Å². The molecule has 5 heteroatoms. The fraction of sp³-hybridized carbons (Fsp3) is 0.240. The first-order chi connectivity index (χ1) is 14.7. The molecule has 0 radical (unpaired) electrons. The van der Waals surface area contributed by atoms with Crippen LogP contribution < -0.4 is 5.32 Å². The molecular formula is C25H25N3O2. The van der Waals surface area contributed by atoms with Gasteiger partial charge in [-0.3, -0.25) is 9.78 Å². The molecule has 0 aliphatic carbocycles. The summed E-state index contributed by atoms with van der Waals surface area (Å²) in [5, 5.41) is 3.19. The number of amides is 1. The topological polar surface area (TPSA) is 68.0 Å². The smallest absolute Gasteiger partial charge is 0.252 e. The molecular weight excluding hydrogens is 374 g/mol. The van der Waals surface area contributed by atoms with Crippen LogP contribution in [0.15, 0.2) is 71.4 Å². The summed E-state index contributed by atoms with van der Waals surface area (Å²) in [7, 11) is 0. The molecule has 1 amide bonds. The Morgan fingerprint density at radius 2 is 1.90 bits per heavy atom. The number of hydrogen-bond acceptors (Lipinski definition) is 4. The van der Waals surface area contributed by atoms with Gasteiger partial charge in [-0.15, -0.1) is 0 Å². The number of carbonyl (C=O) groups excluding carboxylic acids is 1. The molecule has 30 heavy (non-hydrogen) atoms. The first-order valence-electron chi connectivity index (χ1n) is 10.3. The molecule has 2 aromatic carbocycles. The molecule has 1 N–H and O–H groups in total. The van der Waals surface area contributed by atoms with Crippen molar-refractivity contribution in [3.63, 3.8) is 0 Å². The van der Waals surface area contributed by atoms with Crippen LogP contribution in [-0.2, 0) is 6.42 Å². The van der Waals surface area contributed by atoms with Gasteiger partial charge in [0, 0.05) is 24.4 Å². The molecule has 1 atom stereocenters. The fourth-order valence-electron chi connectivity index (χ4n) is 3.57. The summed E-state index contributed by atoms with van der Waals surface area (Å²) in [6, 6.07) is 17.1. The Hall–Kier alpha value is -3.47. The molecule has 0 saturated carbocycles. The summed E-state index contributed by atoms with van der Waals surface area (Å²) in [6.45, 7) is 4.19. The number of aromatic nitrogens is 2. The van der Waals surface area contributed by atoms with E-state index in [-0.39, 0.29) is 11.9 Å². The summed E-state index contributed by atoms with van der Waals surface area (Å²) >= 11 is 0. The molecule has 0 spiro atoms. The summed E-state index contributed by atoms with van der Waals surface area (Å²) in [4.78, 5) is 21.8. The maximum absolute atomic E-state index is 13.2. The zero-order valence-electron chi connectivity index (χ0n) is 17.3. The number of pyridine rings is 1. The quantitative estimate of drug-likeness (QED) is 0.452. The number of hydrogen-bond donors (Lipinski definition) is 1. The lowest BCUT2D eigenvalue weighted by Crippen LogP contribution is -2.29. The third-order valence-electron chi connectivity index (χ3n) is 5.25. The van der Waals surface area contributed by atoms with Crippen LogP contribution in [0.1, 0.15) is 58.7 Å². The summed E-state index contributed by atoms with van der Waals surface area (Å²) in [5.41, 5.74) is 5.14. The largest absolute Gasteiger partial charge is 0.441 e. The minimum Gasteiger partial charge on any atom is -0.441 e. The van der Waals surface area contributed by atoms with E-state index < -0.39 is 0 Å². The fourth-order valence-corrected chi connectivity index (χ4v) is 3.57. The number of carbonyl (C=O) groups is 1. The predicted octanol–water partition coefficient (Wildman–Crippen LogP) is 5.39. The average molecular weight is 399 g/mol. The molecule has 152 valence electrons. The van der Waals surface area contributed by atoms with Crippen LogP contribution in [0.4, 0.5) is 0 Å². The number of benzene rings is 2. The predicted molar refractivity (Wildman–Crippen MR) is 117 cm³/mol. The van der Waals surface area contributed by atoms with E-state index in [0.717, 1.165) is 41.8 Å². The van der Waals surface area contributed by atoms with Gasteiger partial charge in [-0.2, -0.15) is 0 Å². The van der Waals surface area contributed by atoms with Crippen molar-refractivity contribution in [1.29, 1.82) is 0 Å². The minimum absolute atomic E-state index is 0.153. The zero-order chi connectivity index (χ0) is 20.9. The third kappa shape index (κ3) is 4.25. The van der Waals surface area contributed by atoms with Gasteiger partial charge in [-0.1, -0.05) is 37.6 Å². The van der Waals surface area contributed by atoms with E-state index >= 15 is 0 Å². The van der Waals surface area contributed by atoms with E-state index in [0.29, 0.717) is 16.7 Å². The number of rotatable bonds is 7. The Bertz CT molecular complexity index is 1150. The highest BCUT2D eigenvalue weighted by molar-refractivity contribution is 5.97. The Kier molecular flexibility index (Phi) is 5.89. The summed E-state index contributed by atoms with van der Waals surface area (Å²) < 4.78 is 5.79. The molecule has 2 heterocycles. The highest BCUT2D eigenvalue weighted by Gasteiger charge is 2.20. The zero-order valence-corrected chi connectivity index (χ0v) is 17.3. The van der Waals surface area contributed by atoms with Crippen molar-refractivity contribution in [3.05, 3.63) is 95.1 Å². The van der Waals surface area contributed by atoms with Crippen molar-refractivity contribution in [3.8, 4) is 0 Å². The lowest BCUT2D eigenvalue weighted by molar-refractivity contribution is 0.0943. The second kappa shape index (κ2) is 8.91. The van der Waals surface area contributed by atoms with Crippen LogP contribution in [0.2, 0.25) is 0 Å². The second-order valence-electron chi connectivity index (χ2n) is 7.44. The first-order valence-corrected chi connectivity index (χ1v) is 10.3. The highest BCUT2D eigenvalue weighted by atomic mass is 16.3. The van der Waals surface area contributed by atoms with Crippen molar-refractivity contribution in [2.75, 3.05) is 0 Å². The van der Waals surface area contributed by atoms with E-state index in [1.54, 1.807) is 24.5 Å². The van der Waals surface area contributed by atoms with E-state index in [1.807, 2.05) is 36.4 Å². The molecule has 0 bridgehead atoms. The normalized spacial score (nSPS) is 12.1. The maximum Gasteiger partial charge on any atom is 0.252 e. The molecule has 5 nitrogen and oxygen atoms in total. The van der Waals surface area contributed by atoms with Crippen molar-refractivity contribution >= 4 is 17.0 Å². The van der Waals surface area contributed by atoms with Crippen molar-refractivity contribution in [2.45, 2.75) is 39.2 Å². The molecule has 0 aliphatic rings. The van der Waals surface area contributed by atoms with Gasteiger partial charge in [0.05, 0.1) is 6.04 Å². The highest BCUT2D eigenvalue weighted by Crippen LogP contribution is 2.25. The van der Waals surface area contributed by atoms with Gasteiger partial charge in [0.25, 0.3) is 5.91 Å². The van der Waals surface area contributed by atoms with Gasteiger partial charge in [-0.25, -0.2) is 4.98 Å². The van der Waals surface area contributed by atoms with E-state index in [4.69, 9.17) is 4.42 Å². The average Bonchev–Trinajstić information content (AvgIpc) is 3.19. The molecule has 0 fully saturated rings. The van der Waals surface area contributed by atoms with Gasteiger partial charge < -0.3 is 9.73 Å². The van der Waals surface area contributed by atoms with Gasteiger partial charge in [-0.05, 0) is 60.4 Å². The molecule has 4 aromatic rings. The molecule has 0 aliphatic heterocycles. The van der Waals surface area contributed by atoms with Crippen LogP contribution in [0.5, 0.6) is 0 Å². The SMILES string of the molecule is CCCCc1nc2cc(C(=O)NC(c3ccncc3)c3ccccc3C)ccc2o1. The van der Waals surface area contributed by atoms with Gasteiger partial charge in [0.1, 0.15) is 5.52 Å². The summed E-state index contributed by atoms with van der Waals surface area (Å²) in [6.07, 6.45) is 6.41. The minimum atomic E-state index is -0.269. The Labute approximate surface area is 176 Å². The lowest BCUT2D eigenvalue weighted by atomic mass is 9.95. The van der Waals surface area contributed by atoms with Crippen LogP contribution >= 0.6 is 0 Å². The number of aryl methyl sites for hydroxylation is 2. The molecule has 2 aromatic heterocycles. The number of fused-ring (bicyclic) bond motifs is 1. The lowest BCUT2D eigenvalue weighted by Gasteiger charge is -2.21. The van der Waals surface area contributed by atoms with Crippen molar-refractivity contribution < 1.29 is 9.21 Å². The van der Waals surface area contributed by atoms with Gasteiger partial charge >= 0.3 is 0 Å². The van der Waals surface area contributed by atoms with E-state index in [1.165, 1.54) is 0 Å². The third-order valence-corrected chi connectivity index (χ3v) is 5.25. The molecule has 1 unspecified atom stereocenters. The molecule has 4 rings (SSSR count). The maximum atomic E-state index is 13.2. The number of nitrogens with zero attached hydrogens (tertiary/aromatic N) is 2. The Balaban J connectivity index is 1.63. The Morgan fingerprint density at radius 1 is 1.10 bits per heavy atom.